The van der Waals surface area contributed by atoms with E-state index in [1.807, 2.05) is 0 Å². The van der Waals surface area contributed by atoms with Crippen LogP contribution in [-0.4, -0.2) is 22.2 Å². The lowest BCUT2D eigenvalue weighted by Gasteiger charge is -2.31. The molecule has 2 rings (SSSR count). The molecule has 1 fully saturated rings. The van der Waals surface area contributed by atoms with E-state index in [0.717, 1.165) is 19.3 Å². The van der Waals surface area contributed by atoms with Crippen LogP contribution in [0.2, 0.25) is 0 Å². The molecule has 90 valence electrons. The summed E-state index contributed by atoms with van der Waals surface area (Å²) in [5.41, 5.74) is 0.531. The lowest BCUT2D eigenvalue weighted by atomic mass is 9.72. The number of aliphatic carboxylic acids is 1. The summed E-state index contributed by atoms with van der Waals surface area (Å²) in [5.74, 6) is -2.60. The molecule has 0 amide bonds. The standard InChI is InChI=1S/C13H14O4/c14-12(15)10-7-2-1-6-9(10)11(13(16)17)8-4-3-5-8/h1-2,6-8,11H,3-5H2,(H,14,15)(H,16,17). The quantitative estimate of drug-likeness (QED) is 0.838. The highest BCUT2D eigenvalue weighted by molar-refractivity contribution is 5.92. The van der Waals surface area contributed by atoms with E-state index in [-0.39, 0.29) is 11.5 Å². The summed E-state index contributed by atoms with van der Waals surface area (Å²) in [5, 5.41) is 18.4. The van der Waals surface area contributed by atoms with Gasteiger partial charge in [0, 0.05) is 0 Å². The average molecular weight is 234 g/mol. The number of carbonyl (C=O) groups is 2. The second-order valence-electron chi connectivity index (χ2n) is 4.40. The molecule has 4 heteroatoms. The summed E-state index contributed by atoms with van der Waals surface area (Å²) in [6.07, 6.45) is 2.76. The van der Waals surface area contributed by atoms with Crippen LogP contribution in [0.15, 0.2) is 24.3 Å². The third-order valence-electron chi connectivity index (χ3n) is 3.41. The van der Waals surface area contributed by atoms with Crippen molar-refractivity contribution in [1.82, 2.24) is 0 Å². The number of hydrogen-bond donors (Lipinski definition) is 2. The average Bonchev–Trinajstić information content (AvgIpc) is 2.22. The lowest BCUT2D eigenvalue weighted by Crippen LogP contribution is -2.28. The zero-order chi connectivity index (χ0) is 12.4. The predicted octanol–water partition coefficient (Wildman–Crippen LogP) is 2.35. The molecule has 0 saturated heterocycles. The molecule has 0 bridgehead atoms. The van der Waals surface area contributed by atoms with Crippen molar-refractivity contribution in [2.24, 2.45) is 5.92 Å². The van der Waals surface area contributed by atoms with E-state index in [1.54, 1.807) is 18.2 Å². The first-order valence-corrected chi connectivity index (χ1v) is 5.66. The van der Waals surface area contributed by atoms with Crippen molar-refractivity contribution in [3.8, 4) is 0 Å². The van der Waals surface area contributed by atoms with E-state index in [2.05, 4.69) is 0 Å². The Labute approximate surface area is 98.9 Å². The second-order valence-corrected chi connectivity index (χ2v) is 4.40. The Morgan fingerprint density at radius 1 is 1.18 bits per heavy atom. The van der Waals surface area contributed by atoms with Crippen LogP contribution in [-0.2, 0) is 4.79 Å². The van der Waals surface area contributed by atoms with Crippen molar-refractivity contribution < 1.29 is 19.8 Å². The molecule has 1 atom stereocenters. The third-order valence-corrected chi connectivity index (χ3v) is 3.41. The van der Waals surface area contributed by atoms with Crippen LogP contribution in [0.3, 0.4) is 0 Å². The summed E-state index contributed by atoms with van der Waals surface area (Å²) in [4.78, 5) is 22.4. The molecule has 0 aliphatic heterocycles. The van der Waals surface area contributed by atoms with Gasteiger partial charge in [0.2, 0.25) is 0 Å². The van der Waals surface area contributed by atoms with Gasteiger partial charge < -0.3 is 10.2 Å². The van der Waals surface area contributed by atoms with Gasteiger partial charge in [0.1, 0.15) is 0 Å². The van der Waals surface area contributed by atoms with Gasteiger partial charge >= 0.3 is 11.9 Å². The molecule has 1 saturated carbocycles. The third kappa shape index (κ3) is 2.16. The van der Waals surface area contributed by atoms with Gasteiger partial charge in [-0.2, -0.15) is 0 Å². The number of aromatic carboxylic acids is 1. The first kappa shape index (κ1) is 11.6. The molecule has 1 aliphatic rings. The molecule has 4 nitrogen and oxygen atoms in total. The summed E-state index contributed by atoms with van der Waals surface area (Å²) in [7, 11) is 0. The largest absolute Gasteiger partial charge is 0.481 e. The van der Waals surface area contributed by atoms with Crippen LogP contribution in [0.4, 0.5) is 0 Å². The van der Waals surface area contributed by atoms with Gasteiger partial charge in [-0.05, 0) is 30.4 Å². The summed E-state index contributed by atoms with van der Waals surface area (Å²) >= 11 is 0. The molecular formula is C13H14O4. The fraction of sp³-hybridized carbons (Fsp3) is 0.385. The molecule has 0 heterocycles. The maximum absolute atomic E-state index is 11.3. The van der Waals surface area contributed by atoms with E-state index in [1.165, 1.54) is 6.07 Å². The monoisotopic (exact) mass is 234 g/mol. The number of hydrogen-bond acceptors (Lipinski definition) is 2. The molecule has 1 aromatic rings. The minimum absolute atomic E-state index is 0.0769. The number of carboxylic acids is 2. The molecular weight excluding hydrogens is 220 g/mol. The van der Waals surface area contributed by atoms with Crippen molar-refractivity contribution >= 4 is 11.9 Å². The Kier molecular flexibility index (Phi) is 3.13. The molecule has 0 radical (unpaired) electrons. The Morgan fingerprint density at radius 3 is 2.29 bits per heavy atom. The fourth-order valence-electron chi connectivity index (χ4n) is 2.32. The predicted molar refractivity (Wildman–Crippen MR) is 61.1 cm³/mol. The number of rotatable bonds is 4. The Morgan fingerprint density at radius 2 is 1.82 bits per heavy atom. The topological polar surface area (TPSA) is 74.6 Å². The minimum Gasteiger partial charge on any atom is -0.481 e. The van der Waals surface area contributed by atoms with Crippen molar-refractivity contribution in [3.05, 3.63) is 35.4 Å². The Bertz CT molecular complexity index is 448. The van der Waals surface area contributed by atoms with E-state index in [9.17, 15) is 14.7 Å². The SMILES string of the molecule is O=C(O)c1ccccc1C(C(=O)O)C1CCC1. The summed E-state index contributed by atoms with van der Waals surface area (Å²) < 4.78 is 0. The molecule has 17 heavy (non-hydrogen) atoms. The molecule has 1 aromatic carbocycles. The highest BCUT2D eigenvalue weighted by atomic mass is 16.4. The van der Waals surface area contributed by atoms with E-state index >= 15 is 0 Å². The van der Waals surface area contributed by atoms with Crippen molar-refractivity contribution in [3.63, 3.8) is 0 Å². The zero-order valence-electron chi connectivity index (χ0n) is 9.30. The lowest BCUT2D eigenvalue weighted by molar-refractivity contribution is -0.141. The first-order chi connectivity index (χ1) is 8.11. The molecule has 0 aromatic heterocycles. The maximum Gasteiger partial charge on any atom is 0.335 e. The van der Waals surface area contributed by atoms with Crippen LogP contribution in [0, 0.1) is 5.92 Å². The summed E-state index contributed by atoms with van der Waals surface area (Å²) in [6.45, 7) is 0. The van der Waals surface area contributed by atoms with Gasteiger partial charge in [-0.15, -0.1) is 0 Å². The highest BCUT2D eigenvalue weighted by Gasteiger charge is 2.35. The van der Waals surface area contributed by atoms with Crippen LogP contribution >= 0.6 is 0 Å². The first-order valence-electron chi connectivity index (χ1n) is 5.66. The van der Waals surface area contributed by atoms with Crippen LogP contribution in [0.5, 0.6) is 0 Å². The van der Waals surface area contributed by atoms with Gasteiger partial charge in [-0.3, -0.25) is 4.79 Å². The molecule has 1 unspecified atom stereocenters. The maximum atomic E-state index is 11.3. The van der Waals surface area contributed by atoms with Gasteiger partial charge in [-0.25, -0.2) is 4.79 Å². The summed E-state index contributed by atoms with van der Waals surface area (Å²) in [6, 6.07) is 6.38. The van der Waals surface area contributed by atoms with E-state index < -0.39 is 17.9 Å². The molecule has 0 spiro atoms. The molecule has 1 aliphatic carbocycles. The Hall–Kier alpha value is -1.84. The van der Waals surface area contributed by atoms with Gasteiger partial charge in [0.05, 0.1) is 11.5 Å². The van der Waals surface area contributed by atoms with E-state index in [4.69, 9.17) is 5.11 Å². The smallest absolute Gasteiger partial charge is 0.335 e. The normalized spacial score (nSPS) is 17.2. The van der Waals surface area contributed by atoms with Gasteiger partial charge in [0.25, 0.3) is 0 Å². The van der Waals surface area contributed by atoms with E-state index in [0.29, 0.717) is 5.56 Å². The zero-order valence-corrected chi connectivity index (χ0v) is 9.30. The van der Waals surface area contributed by atoms with Crippen LogP contribution in [0.25, 0.3) is 0 Å². The van der Waals surface area contributed by atoms with Crippen LogP contribution in [0.1, 0.15) is 41.1 Å². The number of carboxylic acid groups (broad SMARTS) is 2. The van der Waals surface area contributed by atoms with Crippen LogP contribution < -0.4 is 0 Å². The second kappa shape index (κ2) is 4.57. The van der Waals surface area contributed by atoms with Crippen molar-refractivity contribution in [1.29, 1.82) is 0 Å². The fourth-order valence-corrected chi connectivity index (χ4v) is 2.32. The molecule has 2 N–H and O–H groups in total. The van der Waals surface area contributed by atoms with Crippen molar-refractivity contribution in [2.45, 2.75) is 25.2 Å². The highest BCUT2D eigenvalue weighted by Crippen LogP contribution is 2.40. The van der Waals surface area contributed by atoms with Gasteiger partial charge in [0.15, 0.2) is 0 Å². The number of benzene rings is 1. The van der Waals surface area contributed by atoms with Gasteiger partial charge in [-0.1, -0.05) is 24.6 Å². The van der Waals surface area contributed by atoms with Crippen molar-refractivity contribution in [2.75, 3.05) is 0 Å². The Balaban J connectivity index is 2.41. The minimum atomic E-state index is -1.06.